The Morgan fingerprint density at radius 3 is 1.50 bits per heavy atom. The number of hydrogen-bond acceptors (Lipinski definition) is 1. The van der Waals surface area contributed by atoms with E-state index in [1.165, 1.54) is 0 Å². The van der Waals surface area contributed by atoms with Gasteiger partial charge in [-0.25, -0.2) is 0 Å². The van der Waals surface area contributed by atoms with Gasteiger partial charge in [0.25, 0.3) is 5.59 Å². The largest absolute Gasteiger partial charge is 0.486 e. The summed E-state index contributed by atoms with van der Waals surface area (Å²) in [5.41, 5.74) is -0.514. The Kier molecular flexibility index (Phi) is 3.64. The van der Waals surface area contributed by atoms with E-state index in [1.54, 1.807) is 0 Å². The lowest BCUT2D eigenvalue weighted by Gasteiger charge is -2.20. The van der Waals surface area contributed by atoms with Crippen molar-refractivity contribution in [3.05, 3.63) is 0 Å². The fourth-order valence-corrected chi connectivity index (χ4v) is 3.61. The normalized spacial score (nSPS) is 11.5. The van der Waals surface area contributed by atoms with Gasteiger partial charge in [-0.2, -0.15) is 0 Å². The fourth-order valence-electron chi connectivity index (χ4n) is 1.20. The molecule has 0 radical (unpaired) electrons. The van der Waals surface area contributed by atoms with Crippen molar-refractivity contribution in [1.29, 1.82) is 0 Å². The van der Waals surface area contributed by atoms with E-state index in [2.05, 4.69) is 0 Å². The Hall–Kier alpha value is -0.313. The van der Waals surface area contributed by atoms with Crippen LogP contribution in [0.5, 0.6) is 0 Å². The molecular formula is C7H16O2Si. The first-order chi connectivity index (χ1) is 4.63. The monoisotopic (exact) mass is 160 g/mol. The molecule has 0 atom stereocenters. The van der Waals surface area contributed by atoms with Gasteiger partial charge in [-0.3, -0.25) is 4.79 Å². The zero-order chi connectivity index (χ0) is 8.20. The quantitative estimate of drug-likeness (QED) is 0.642. The summed E-state index contributed by atoms with van der Waals surface area (Å²) in [6.07, 6.45) is 0. The molecule has 0 aromatic rings. The molecule has 1 N–H and O–H groups in total. The second kappa shape index (κ2) is 3.76. The number of carboxylic acid groups (broad SMARTS) is 1. The molecule has 0 unspecified atom stereocenters. The number of carbonyl (C=O) groups is 1. The van der Waals surface area contributed by atoms with E-state index < -0.39 is 13.7 Å². The summed E-state index contributed by atoms with van der Waals surface area (Å²) in [7, 11) is -1.88. The molecule has 0 fully saturated rings. The average Bonchev–Trinajstić information content (AvgIpc) is 1.92. The van der Waals surface area contributed by atoms with Crippen molar-refractivity contribution in [1.82, 2.24) is 0 Å². The highest BCUT2D eigenvalue weighted by Crippen LogP contribution is 2.20. The van der Waals surface area contributed by atoms with Crippen molar-refractivity contribution in [2.24, 2.45) is 0 Å². The molecule has 0 amide bonds. The molecule has 2 nitrogen and oxygen atoms in total. The van der Waals surface area contributed by atoms with Gasteiger partial charge in [0.2, 0.25) is 0 Å². The summed E-state index contributed by atoms with van der Waals surface area (Å²) in [4.78, 5) is 10.8. The Labute approximate surface area is 63.3 Å². The van der Waals surface area contributed by atoms with E-state index in [4.69, 9.17) is 5.11 Å². The highest BCUT2D eigenvalue weighted by atomic mass is 28.3. The minimum Gasteiger partial charge on any atom is -0.486 e. The first-order valence-corrected chi connectivity index (χ1v) is 6.48. The predicted octanol–water partition coefficient (Wildman–Crippen LogP) is 2.75. The Bertz CT molecular complexity index is 111. The molecule has 0 spiro atoms. The zero-order valence-electron chi connectivity index (χ0n) is 6.98. The summed E-state index contributed by atoms with van der Waals surface area (Å²) in [5, 5.41) is 8.89. The number of hydrogen-bond donors (Lipinski definition) is 1. The molecule has 0 rings (SSSR count). The van der Waals surface area contributed by atoms with E-state index >= 15 is 0 Å². The van der Waals surface area contributed by atoms with Gasteiger partial charge >= 0.3 is 0 Å². The highest BCUT2D eigenvalue weighted by Gasteiger charge is 2.35. The van der Waals surface area contributed by atoms with E-state index in [9.17, 15) is 4.79 Å². The molecule has 0 saturated heterocycles. The minimum absolute atomic E-state index is 0.514. The summed E-state index contributed by atoms with van der Waals surface area (Å²) >= 11 is 0. The van der Waals surface area contributed by atoms with Gasteiger partial charge in [-0.1, -0.05) is 20.8 Å². The van der Waals surface area contributed by atoms with E-state index in [-0.39, 0.29) is 0 Å². The fraction of sp³-hybridized carbons (Fsp3) is 0.857. The van der Waals surface area contributed by atoms with Gasteiger partial charge in [0.05, 0.1) is 0 Å². The van der Waals surface area contributed by atoms with Gasteiger partial charge in [-0.05, 0) is 18.1 Å². The maximum atomic E-state index is 10.8. The van der Waals surface area contributed by atoms with Crippen LogP contribution in [0, 0.1) is 0 Å². The van der Waals surface area contributed by atoms with Crippen molar-refractivity contribution in [3.63, 3.8) is 0 Å². The van der Waals surface area contributed by atoms with Crippen molar-refractivity contribution in [3.8, 4) is 0 Å². The molecule has 0 aliphatic carbocycles. The topological polar surface area (TPSA) is 37.3 Å². The van der Waals surface area contributed by atoms with Crippen LogP contribution >= 0.6 is 0 Å². The average molecular weight is 160 g/mol. The SMILES string of the molecule is CC[Si](CC)(CC)C(=O)O. The first kappa shape index (κ1) is 9.69. The Balaban J connectivity index is 4.31. The van der Waals surface area contributed by atoms with Crippen LogP contribution < -0.4 is 0 Å². The molecule has 3 heteroatoms. The van der Waals surface area contributed by atoms with Crippen LogP contribution in [0.3, 0.4) is 0 Å². The van der Waals surface area contributed by atoms with Crippen LogP contribution in [0.15, 0.2) is 0 Å². The minimum atomic E-state index is -1.88. The molecule has 10 heavy (non-hydrogen) atoms. The Morgan fingerprint density at radius 2 is 1.50 bits per heavy atom. The van der Waals surface area contributed by atoms with E-state index in [1.807, 2.05) is 20.8 Å². The summed E-state index contributed by atoms with van der Waals surface area (Å²) in [6.45, 7) is 5.98. The molecule has 60 valence electrons. The van der Waals surface area contributed by atoms with Gasteiger partial charge in [0, 0.05) is 0 Å². The van der Waals surface area contributed by atoms with Crippen LogP contribution in [-0.4, -0.2) is 18.8 Å². The van der Waals surface area contributed by atoms with Crippen LogP contribution in [0.25, 0.3) is 0 Å². The second-order valence-electron chi connectivity index (χ2n) is 2.65. The van der Waals surface area contributed by atoms with Crippen LogP contribution in [0.4, 0.5) is 4.79 Å². The third-order valence-electron chi connectivity index (χ3n) is 2.48. The standard InChI is InChI=1S/C7H16O2Si/c1-4-10(5-2,6-3)7(8)9/h4-6H2,1-3H3,(H,8,9). The van der Waals surface area contributed by atoms with E-state index in [0.717, 1.165) is 18.1 Å². The second-order valence-corrected chi connectivity index (χ2v) is 7.76. The Morgan fingerprint density at radius 1 is 1.20 bits per heavy atom. The summed E-state index contributed by atoms with van der Waals surface area (Å²) in [6, 6.07) is 2.61. The van der Waals surface area contributed by atoms with Crippen molar-refractivity contribution in [2.75, 3.05) is 0 Å². The summed E-state index contributed by atoms with van der Waals surface area (Å²) < 4.78 is 0. The predicted molar refractivity (Wildman–Crippen MR) is 45.2 cm³/mol. The molecule has 0 aliphatic rings. The van der Waals surface area contributed by atoms with Crippen LogP contribution in [-0.2, 0) is 0 Å². The molecule has 0 heterocycles. The van der Waals surface area contributed by atoms with Crippen LogP contribution in [0.2, 0.25) is 18.1 Å². The summed E-state index contributed by atoms with van der Waals surface area (Å²) in [5.74, 6) is 0. The molecular weight excluding hydrogens is 144 g/mol. The number of rotatable bonds is 4. The van der Waals surface area contributed by atoms with Gasteiger partial charge in [-0.15, -0.1) is 0 Å². The maximum absolute atomic E-state index is 10.8. The van der Waals surface area contributed by atoms with Crippen molar-refractivity contribution in [2.45, 2.75) is 38.9 Å². The molecule has 0 aromatic heterocycles. The molecule has 0 saturated carbocycles. The molecule has 0 bridgehead atoms. The van der Waals surface area contributed by atoms with Crippen LogP contribution in [0.1, 0.15) is 20.8 Å². The smallest absolute Gasteiger partial charge is 0.269 e. The third-order valence-corrected chi connectivity index (χ3v) is 7.45. The van der Waals surface area contributed by atoms with E-state index in [0.29, 0.717) is 0 Å². The van der Waals surface area contributed by atoms with Crippen molar-refractivity contribution < 1.29 is 9.90 Å². The maximum Gasteiger partial charge on any atom is 0.269 e. The highest BCUT2D eigenvalue weighted by molar-refractivity contribution is 7.04. The first-order valence-electron chi connectivity index (χ1n) is 3.86. The lowest BCUT2D eigenvalue weighted by Crippen LogP contribution is -2.40. The van der Waals surface area contributed by atoms with Gasteiger partial charge < -0.3 is 5.11 Å². The van der Waals surface area contributed by atoms with Gasteiger partial charge in [0.1, 0.15) is 0 Å². The van der Waals surface area contributed by atoms with Gasteiger partial charge in [0.15, 0.2) is 8.07 Å². The zero-order valence-corrected chi connectivity index (χ0v) is 7.98. The lowest BCUT2D eigenvalue weighted by molar-refractivity contribution is 0.217. The third kappa shape index (κ3) is 1.59. The van der Waals surface area contributed by atoms with Crippen molar-refractivity contribution >= 4 is 13.7 Å². The lowest BCUT2D eigenvalue weighted by atomic mass is 10.9. The molecule has 0 aromatic carbocycles. The molecule has 0 aliphatic heterocycles.